The zero-order valence-electron chi connectivity index (χ0n) is 11.4. The van der Waals surface area contributed by atoms with Gasteiger partial charge in [0, 0.05) is 18.7 Å². The van der Waals surface area contributed by atoms with Crippen LogP contribution in [0.1, 0.15) is 50.5 Å². The van der Waals surface area contributed by atoms with Gasteiger partial charge in [-0.3, -0.25) is 4.79 Å². The summed E-state index contributed by atoms with van der Waals surface area (Å²) in [7, 11) is 0. The van der Waals surface area contributed by atoms with Crippen LogP contribution in [0.2, 0.25) is 0 Å². The molecule has 1 atom stereocenters. The highest BCUT2D eigenvalue weighted by Gasteiger charge is 2.10. The second kappa shape index (κ2) is 7.63. The highest BCUT2D eigenvalue weighted by molar-refractivity contribution is 5.92. The van der Waals surface area contributed by atoms with Crippen LogP contribution in [0, 0.1) is 0 Å². The van der Waals surface area contributed by atoms with Gasteiger partial charge in [0.15, 0.2) is 0 Å². The first-order valence-electron chi connectivity index (χ1n) is 6.54. The fourth-order valence-corrected chi connectivity index (χ4v) is 1.37. The Labute approximate surface area is 108 Å². The molecule has 1 unspecified atom stereocenters. The summed E-state index contributed by atoms with van der Waals surface area (Å²) < 4.78 is 0. The molecule has 0 saturated heterocycles. The Morgan fingerprint density at radius 1 is 1.39 bits per heavy atom. The highest BCUT2D eigenvalue weighted by atomic mass is 16.1. The fourth-order valence-electron chi connectivity index (χ4n) is 1.37. The van der Waals surface area contributed by atoms with Crippen LogP contribution in [0.3, 0.4) is 0 Å². The molecule has 0 saturated carbocycles. The van der Waals surface area contributed by atoms with Crippen molar-refractivity contribution in [3.63, 3.8) is 0 Å². The summed E-state index contributed by atoms with van der Waals surface area (Å²) in [6.07, 6.45) is 4.52. The summed E-state index contributed by atoms with van der Waals surface area (Å²) in [5.41, 5.74) is 0.407. The number of carbonyl (C=O) groups is 1. The molecule has 0 spiro atoms. The van der Waals surface area contributed by atoms with Crippen molar-refractivity contribution in [1.29, 1.82) is 0 Å². The second-order valence-corrected chi connectivity index (χ2v) is 4.35. The molecule has 5 heteroatoms. The molecule has 0 radical (unpaired) electrons. The minimum absolute atomic E-state index is 0.148. The van der Waals surface area contributed by atoms with E-state index in [0.29, 0.717) is 11.5 Å². The average molecular weight is 250 g/mol. The molecule has 0 aliphatic heterocycles. The Hall–Kier alpha value is -1.65. The first-order chi connectivity index (χ1) is 8.67. The molecule has 1 aromatic rings. The number of anilines is 1. The van der Waals surface area contributed by atoms with Gasteiger partial charge < -0.3 is 10.6 Å². The number of amides is 1. The SMILES string of the molecule is CCCCNc1cc(C(=O)NC(C)CC)ncn1. The van der Waals surface area contributed by atoms with Crippen LogP contribution in [-0.4, -0.2) is 28.5 Å². The van der Waals surface area contributed by atoms with Gasteiger partial charge in [-0.1, -0.05) is 20.3 Å². The van der Waals surface area contributed by atoms with Crippen LogP contribution >= 0.6 is 0 Å². The van der Waals surface area contributed by atoms with Crippen molar-refractivity contribution in [1.82, 2.24) is 15.3 Å². The van der Waals surface area contributed by atoms with Gasteiger partial charge in [-0.15, -0.1) is 0 Å². The topological polar surface area (TPSA) is 66.9 Å². The van der Waals surface area contributed by atoms with Crippen molar-refractivity contribution in [3.05, 3.63) is 18.1 Å². The molecule has 1 aromatic heterocycles. The van der Waals surface area contributed by atoms with Gasteiger partial charge in [-0.25, -0.2) is 9.97 Å². The van der Waals surface area contributed by atoms with Crippen molar-refractivity contribution in [3.8, 4) is 0 Å². The molecule has 100 valence electrons. The molecule has 5 nitrogen and oxygen atoms in total. The lowest BCUT2D eigenvalue weighted by Crippen LogP contribution is -2.32. The van der Waals surface area contributed by atoms with E-state index in [0.717, 1.165) is 25.8 Å². The van der Waals surface area contributed by atoms with E-state index in [1.54, 1.807) is 6.07 Å². The third kappa shape index (κ3) is 4.69. The van der Waals surface area contributed by atoms with Crippen molar-refractivity contribution in [2.75, 3.05) is 11.9 Å². The van der Waals surface area contributed by atoms with Gasteiger partial charge in [0.2, 0.25) is 0 Å². The first kappa shape index (κ1) is 14.4. The van der Waals surface area contributed by atoms with Crippen LogP contribution < -0.4 is 10.6 Å². The van der Waals surface area contributed by atoms with Gasteiger partial charge in [-0.05, 0) is 19.8 Å². The highest BCUT2D eigenvalue weighted by Crippen LogP contribution is 2.05. The molecule has 1 amide bonds. The number of hydrogen-bond acceptors (Lipinski definition) is 4. The van der Waals surface area contributed by atoms with Gasteiger partial charge in [0.25, 0.3) is 5.91 Å². The lowest BCUT2D eigenvalue weighted by atomic mass is 10.2. The van der Waals surface area contributed by atoms with Gasteiger partial charge in [-0.2, -0.15) is 0 Å². The van der Waals surface area contributed by atoms with E-state index >= 15 is 0 Å². The number of aromatic nitrogens is 2. The quantitative estimate of drug-likeness (QED) is 0.728. The maximum Gasteiger partial charge on any atom is 0.270 e. The summed E-state index contributed by atoms with van der Waals surface area (Å²) in [4.78, 5) is 19.9. The first-order valence-corrected chi connectivity index (χ1v) is 6.54. The molecule has 0 aliphatic carbocycles. The maximum atomic E-state index is 11.9. The Morgan fingerprint density at radius 3 is 2.83 bits per heavy atom. The van der Waals surface area contributed by atoms with Crippen LogP contribution in [0.25, 0.3) is 0 Å². The van der Waals surface area contributed by atoms with E-state index in [1.807, 2.05) is 13.8 Å². The van der Waals surface area contributed by atoms with Gasteiger partial charge >= 0.3 is 0 Å². The third-order valence-electron chi connectivity index (χ3n) is 2.73. The molecule has 0 fully saturated rings. The summed E-state index contributed by atoms with van der Waals surface area (Å²) in [6.45, 7) is 6.99. The van der Waals surface area contributed by atoms with Crippen LogP contribution in [0.5, 0.6) is 0 Å². The Morgan fingerprint density at radius 2 is 2.17 bits per heavy atom. The molecular weight excluding hydrogens is 228 g/mol. The molecule has 0 aromatic carbocycles. The second-order valence-electron chi connectivity index (χ2n) is 4.35. The van der Waals surface area contributed by atoms with E-state index < -0.39 is 0 Å². The molecule has 18 heavy (non-hydrogen) atoms. The van der Waals surface area contributed by atoms with Gasteiger partial charge in [0.05, 0.1) is 0 Å². The molecule has 0 aliphatic rings. The molecular formula is C13H22N4O. The molecule has 1 rings (SSSR count). The Kier molecular flexibility index (Phi) is 6.11. The summed E-state index contributed by atoms with van der Waals surface area (Å²) in [5.74, 6) is 0.554. The minimum atomic E-state index is -0.148. The largest absolute Gasteiger partial charge is 0.370 e. The Bertz CT molecular complexity index is 381. The van der Waals surface area contributed by atoms with E-state index in [-0.39, 0.29) is 11.9 Å². The minimum Gasteiger partial charge on any atom is -0.370 e. The number of nitrogens with zero attached hydrogens (tertiary/aromatic N) is 2. The van der Waals surface area contributed by atoms with E-state index in [9.17, 15) is 4.79 Å². The van der Waals surface area contributed by atoms with Crippen molar-refractivity contribution in [2.45, 2.75) is 46.1 Å². The predicted octanol–water partition coefficient (Wildman–Crippen LogP) is 2.22. The summed E-state index contributed by atoms with van der Waals surface area (Å²) in [6, 6.07) is 1.84. The number of hydrogen-bond donors (Lipinski definition) is 2. The van der Waals surface area contributed by atoms with Crippen LogP contribution in [0.15, 0.2) is 12.4 Å². The van der Waals surface area contributed by atoms with Crippen LogP contribution in [-0.2, 0) is 0 Å². The van der Waals surface area contributed by atoms with Crippen molar-refractivity contribution < 1.29 is 4.79 Å². The smallest absolute Gasteiger partial charge is 0.270 e. The lowest BCUT2D eigenvalue weighted by molar-refractivity contribution is 0.0934. The third-order valence-corrected chi connectivity index (χ3v) is 2.73. The molecule has 1 heterocycles. The fraction of sp³-hybridized carbons (Fsp3) is 0.615. The van der Waals surface area contributed by atoms with Crippen molar-refractivity contribution >= 4 is 11.7 Å². The average Bonchev–Trinajstić information content (AvgIpc) is 2.39. The standard InChI is InChI=1S/C13H22N4O/c1-4-6-7-14-12-8-11(15-9-16-12)13(18)17-10(3)5-2/h8-10H,4-7H2,1-3H3,(H,17,18)(H,14,15,16). The normalized spacial score (nSPS) is 11.9. The molecule has 2 N–H and O–H groups in total. The van der Waals surface area contributed by atoms with Crippen molar-refractivity contribution in [2.24, 2.45) is 0 Å². The van der Waals surface area contributed by atoms with E-state index in [1.165, 1.54) is 6.33 Å². The van der Waals surface area contributed by atoms with E-state index in [2.05, 4.69) is 27.5 Å². The maximum absolute atomic E-state index is 11.9. The summed E-state index contributed by atoms with van der Waals surface area (Å²) in [5, 5.41) is 6.06. The monoisotopic (exact) mass is 250 g/mol. The predicted molar refractivity (Wildman–Crippen MR) is 72.6 cm³/mol. The zero-order valence-corrected chi connectivity index (χ0v) is 11.4. The van der Waals surface area contributed by atoms with Crippen LogP contribution in [0.4, 0.5) is 5.82 Å². The lowest BCUT2D eigenvalue weighted by Gasteiger charge is -2.11. The van der Waals surface area contributed by atoms with E-state index in [4.69, 9.17) is 0 Å². The number of unbranched alkanes of at least 4 members (excludes halogenated alkanes) is 1. The number of nitrogens with one attached hydrogen (secondary N) is 2. The van der Waals surface area contributed by atoms with Gasteiger partial charge in [0.1, 0.15) is 17.8 Å². The Balaban J connectivity index is 2.60. The zero-order chi connectivity index (χ0) is 13.4. The number of rotatable bonds is 7. The number of carbonyl (C=O) groups excluding carboxylic acids is 1. The molecule has 0 bridgehead atoms. The summed E-state index contributed by atoms with van der Waals surface area (Å²) >= 11 is 0.